The Hall–Kier alpha value is -1.80. The maximum absolute atomic E-state index is 14.0. The van der Waals surface area contributed by atoms with Crippen LogP contribution in [0.5, 0.6) is 0 Å². The van der Waals surface area contributed by atoms with Gasteiger partial charge in [-0.05, 0) is 42.7 Å². The highest BCUT2D eigenvalue weighted by Gasteiger charge is 2.30. The zero-order valence-corrected chi connectivity index (χ0v) is 15.6. The molecule has 0 radical (unpaired) electrons. The predicted octanol–water partition coefficient (Wildman–Crippen LogP) is 2.88. The summed E-state index contributed by atoms with van der Waals surface area (Å²) in [5.74, 6) is -0.338. The number of aryl methyl sites for hydroxylation is 1. The number of halogens is 1. The van der Waals surface area contributed by atoms with Crippen LogP contribution in [0.25, 0.3) is 11.1 Å². The standard InChI is InChI=1S/C19H22FNO4S/c1-13-11-14(7-8-15(13)16-5-3-4-6-17(16)20)26(22,23)21-18-9-10-25-12-19(18)24-2/h3-8,11,18-19,21H,9-10,12H2,1-2H3/t18-,19-/m0/s1. The molecule has 0 aliphatic carbocycles. The van der Waals surface area contributed by atoms with Crippen LogP contribution < -0.4 is 4.72 Å². The van der Waals surface area contributed by atoms with E-state index in [4.69, 9.17) is 9.47 Å². The monoisotopic (exact) mass is 379 g/mol. The molecular formula is C19H22FNO4S. The van der Waals surface area contributed by atoms with E-state index in [9.17, 15) is 12.8 Å². The molecule has 1 aliphatic rings. The first kappa shape index (κ1) is 19.0. The van der Waals surface area contributed by atoms with E-state index in [1.54, 1.807) is 37.3 Å². The molecule has 5 nitrogen and oxygen atoms in total. The van der Waals surface area contributed by atoms with Crippen molar-refractivity contribution in [3.63, 3.8) is 0 Å². The van der Waals surface area contributed by atoms with Crippen LogP contribution >= 0.6 is 0 Å². The van der Waals surface area contributed by atoms with E-state index in [-0.39, 0.29) is 22.9 Å². The van der Waals surface area contributed by atoms with Crippen molar-refractivity contribution in [2.75, 3.05) is 20.3 Å². The molecule has 0 aromatic heterocycles. The van der Waals surface area contributed by atoms with Crippen molar-refractivity contribution in [1.29, 1.82) is 0 Å². The summed E-state index contributed by atoms with van der Waals surface area (Å²) in [6, 6.07) is 10.8. The average molecular weight is 379 g/mol. The molecule has 0 spiro atoms. The molecule has 1 heterocycles. The van der Waals surface area contributed by atoms with Crippen molar-refractivity contribution in [2.45, 2.75) is 30.4 Å². The van der Waals surface area contributed by atoms with Crippen LogP contribution in [0.15, 0.2) is 47.4 Å². The number of benzene rings is 2. The van der Waals surface area contributed by atoms with E-state index in [0.717, 1.165) is 0 Å². The van der Waals surface area contributed by atoms with E-state index in [0.29, 0.717) is 36.3 Å². The summed E-state index contributed by atoms with van der Waals surface area (Å²) < 4.78 is 52.9. The third-order valence-electron chi connectivity index (χ3n) is 4.59. The normalized spacial score (nSPS) is 20.9. The number of ether oxygens (including phenoxy) is 2. The molecule has 0 unspecified atom stereocenters. The molecule has 3 rings (SSSR count). The average Bonchev–Trinajstić information content (AvgIpc) is 2.62. The lowest BCUT2D eigenvalue weighted by Gasteiger charge is -2.30. The fourth-order valence-corrected chi connectivity index (χ4v) is 4.51. The van der Waals surface area contributed by atoms with Gasteiger partial charge in [-0.25, -0.2) is 17.5 Å². The Kier molecular flexibility index (Phi) is 5.72. The zero-order valence-electron chi connectivity index (χ0n) is 14.7. The lowest BCUT2D eigenvalue weighted by atomic mass is 10.0. The molecule has 1 N–H and O–H groups in total. The van der Waals surface area contributed by atoms with Gasteiger partial charge in [0.25, 0.3) is 0 Å². The quantitative estimate of drug-likeness (QED) is 0.868. The van der Waals surface area contributed by atoms with E-state index >= 15 is 0 Å². The Balaban J connectivity index is 1.87. The number of rotatable bonds is 5. The summed E-state index contributed by atoms with van der Waals surface area (Å²) in [4.78, 5) is 0.149. The maximum atomic E-state index is 14.0. The van der Waals surface area contributed by atoms with E-state index in [1.165, 1.54) is 19.2 Å². The number of sulfonamides is 1. The molecule has 0 amide bonds. The number of methoxy groups -OCH3 is 1. The largest absolute Gasteiger partial charge is 0.379 e. The Morgan fingerprint density at radius 1 is 1.19 bits per heavy atom. The third-order valence-corrected chi connectivity index (χ3v) is 6.07. The molecule has 2 aromatic rings. The van der Waals surface area contributed by atoms with Gasteiger partial charge in [-0.1, -0.05) is 24.3 Å². The van der Waals surface area contributed by atoms with Crippen LogP contribution in [-0.2, 0) is 19.5 Å². The van der Waals surface area contributed by atoms with Crippen LogP contribution in [0.2, 0.25) is 0 Å². The van der Waals surface area contributed by atoms with Crippen LogP contribution in [0.3, 0.4) is 0 Å². The van der Waals surface area contributed by atoms with E-state index in [1.807, 2.05) is 0 Å². The fourth-order valence-electron chi connectivity index (χ4n) is 3.13. The van der Waals surface area contributed by atoms with Crippen LogP contribution in [0.1, 0.15) is 12.0 Å². The van der Waals surface area contributed by atoms with Crippen molar-refractivity contribution >= 4 is 10.0 Å². The Morgan fingerprint density at radius 2 is 1.96 bits per heavy atom. The molecular weight excluding hydrogens is 357 g/mol. The highest BCUT2D eigenvalue weighted by Crippen LogP contribution is 2.28. The maximum Gasteiger partial charge on any atom is 0.240 e. The van der Waals surface area contributed by atoms with Gasteiger partial charge in [0, 0.05) is 19.3 Å². The van der Waals surface area contributed by atoms with Crippen LogP contribution in [0, 0.1) is 12.7 Å². The van der Waals surface area contributed by atoms with Gasteiger partial charge >= 0.3 is 0 Å². The smallest absolute Gasteiger partial charge is 0.240 e. The lowest BCUT2D eigenvalue weighted by molar-refractivity contribution is -0.0448. The van der Waals surface area contributed by atoms with Gasteiger partial charge in [-0.2, -0.15) is 0 Å². The first-order chi connectivity index (χ1) is 12.4. The van der Waals surface area contributed by atoms with Gasteiger partial charge in [0.15, 0.2) is 0 Å². The number of hydrogen-bond donors (Lipinski definition) is 1. The third kappa shape index (κ3) is 3.96. The Bertz CT molecular complexity index is 885. The SMILES string of the molecule is CO[C@H]1COCC[C@@H]1NS(=O)(=O)c1ccc(-c2ccccc2F)c(C)c1. The molecule has 7 heteroatoms. The molecule has 1 fully saturated rings. The molecule has 1 aliphatic heterocycles. The van der Waals surface area contributed by atoms with Crippen LogP contribution in [0.4, 0.5) is 4.39 Å². The second-order valence-corrected chi connectivity index (χ2v) is 8.04. The molecule has 140 valence electrons. The van der Waals surface area contributed by atoms with Crippen molar-refractivity contribution in [1.82, 2.24) is 4.72 Å². The summed E-state index contributed by atoms with van der Waals surface area (Å²) in [5.41, 5.74) is 1.81. The summed E-state index contributed by atoms with van der Waals surface area (Å²) in [6.45, 7) is 2.61. The summed E-state index contributed by atoms with van der Waals surface area (Å²) >= 11 is 0. The first-order valence-electron chi connectivity index (χ1n) is 8.41. The molecule has 2 atom stereocenters. The minimum atomic E-state index is -3.71. The highest BCUT2D eigenvalue weighted by atomic mass is 32.2. The van der Waals surface area contributed by atoms with Gasteiger partial charge in [-0.3, -0.25) is 0 Å². The number of nitrogens with one attached hydrogen (secondary N) is 1. The van der Waals surface area contributed by atoms with Crippen molar-refractivity contribution in [3.05, 3.63) is 53.8 Å². The summed E-state index contributed by atoms with van der Waals surface area (Å²) in [7, 11) is -2.18. The van der Waals surface area contributed by atoms with Gasteiger partial charge in [0.1, 0.15) is 5.82 Å². The van der Waals surface area contributed by atoms with Gasteiger partial charge in [0.05, 0.1) is 23.6 Å². The van der Waals surface area contributed by atoms with Gasteiger partial charge < -0.3 is 9.47 Å². The van der Waals surface area contributed by atoms with Gasteiger partial charge in [-0.15, -0.1) is 0 Å². The fraction of sp³-hybridized carbons (Fsp3) is 0.368. The Labute approximate surface area is 153 Å². The topological polar surface area (TPSA) is 64.6 Å². The zero-order chi connectivity index (χ0) is 18.7. The van der Waals surface area contributed by atoms with Crippen LogP contribution in [-0.4, -0.2) is 40.9 Å². The Morgan fingerprint density at radius 3 is 2.65 bits per heavy atom. The van der Waals surface area contributed by atoms with E-state index in [2.05, 4.69) is 4.72 Å². The number of hydrogen-bond acceptors (Lipinski definition) is 4. The van der Waals surface area contributed by atoms with Crippen molar-refractivity contribution in [3.8, 4) is 11.1 Å². The first-order valence-corrected chi connectivity index (χ1v) is 9.89. The minimum absolute atomic E-state index is 0.149. The summed E-state index contributed by atoms with van der Waals surface area (Å²) in [5, 5.41) is 0. The molecule has 0 bridgehead atoms. The van der Waals surface area contributed by atoms with Crippen molar-refractivity contribution in [2.24, 2.45) is 0 Å². The van der Waals surface area contributed by atoms with E-state index < -0.39 is 10.0 Å². The van der Waals surface area contributed by atoms with Gasteiger partial charge in [0.2, 0.25) is 10.0 Å². The second kappa shape index (κ2) is 7.84. The van der Waals surface area contributed by atoms with Crippen molar-refractivity contribution < 1.29 is 22.3 Å². The predicted molar refractivity (Wildman–Crippen MR) is 96.9 cm³/mol. The minimum Gasteiger partial charge on any atom is -0.379 e. The lowest BCUT2D eigenvalue weighted by Crippen LogP contribution is -2.49. The molecule has 2 aromatic carbocycles. The summed E-state index contributed by atoms with van der Waals surface area (Å²) in [6.07, 6.45) is 0.224. The molecule has 0 saturated carbocycles. The molecule has 1 saturated heterocycles. The molecule has 26 heavy (non-hydrogen) atoms. The second-order valence-electron chi connectivity index (χ2n) is 6.32. The highest BCUT2D eigenvalue weighted by molar-refractivity contribution is 7.89.